The fourth-order valence-electron chi connectivity index (χ4n) is 2.35. The molecule has 0 saturated carbocycles. The van der Waals surface area contributed by atoms with Crippen LogP contribution in [0.4, 0.5) is 24.5 Å². The maximum atomic E-state index is 13.8. The summed E-state index contributed by atoms with van der Waals surface area (Å²) in [5.74, 6) is -2.94. The molecule has 0 N–H and O–H groups in total. The Labute approximate surface area is 129 Å². The van der Waals surface area contributed by atoms with Crippen LogP contribution >= 0.6 is 0 Å². The third kappa shape index (κ3) is 2.73. The van der Waals surface area contributed by atoms with E-state index in [0.29, 0.717) is 29.1 Å². The number of hydrogen-bond acceptors (Lipinski definition) is 4. The molecule has 0 amide bonds. The van der Waals surface area contributed by atoms with E-state index in [4.69, 9.17) is 0 Å². The Kier molecular flexibility index (Phi) is 3.69. The largest absolute Gasteiger partial charge is 0.327 e. The van der Waals surface area contributed by atoms with Gasteiger partial charge >= 0.3 is 0 Å². The van der Waals surface area contributed by atoms with Gasteiger partial charge in [0.2, 0.25) is 0 Å². The number of rotatable bonds is 3. The molecule has 0 atom stereocenters. The summed E-state index contributed by atoms with van der Waals surface area (Å²) in [5.41, 5.74) is 1.42. The van der Waals surface area contributed by atoms with Gasteiger partial charge in [-0.1, -0.05) is 6.58 Å². The van der Waals surface area contributed by atoms with Crippen molar-refractivity contribution < 1.29 is 13.2 Å². The number of hydrogen-bond donors (Lipinski definition) is 0. The molecule has 0 unspecified atom stereocenters. The number of benzene rings is 2. The van der Waals surface area contributed by atoms with E-state index < -0.39 is 17.5 Å². The van der Waals surface area contributed by atoms with Gasteiger partial charge in [-0.15, -0.1) is 4.91 Å². The van der Waals surface area contributed by atoms with Crippen molar-refractivity contribution in [2.24, 2.45) is 10.2 Å². The molecule has 4 nitrogen and oxygen atoms in total. The normalized spacial score (nSPS) is 13.2. The van der Waals surface area contributed by atoms with Crippen molar-refractivity contribution in [2.45, 2.75) is 6.54 Å². The molecule has 1 aliphatic heterocycles. The Morgan fingerprint density at radius 3 is 2.48 bits per heavy atom. The van der Waals surface area contributed by atoms with Crippen LogP contribution in [0.15, 0.2) is 47.1 Å². The number of halogens is 3. The fraction of sp³-hybridized carbons (Fsp3) is 0.0625. The topological polar surface area (TPSA) is 45.0 Å². The van der Waals surface area contributed by atoms with E-state index in [1.165, 1.54) is 23.4 Å². The molecule has 0 bridgehead atoms. The molecule has 23 heavy (non-hydrogen) atoms. The van der Waals surface area contributed by atoms with Gasteiger partial charge in [0.05, 0.1) is 24.3 Å². The molecule has 0 saturated heterocycles. The first kappa shape index (κ1) is 15.0. The summed E-state index contributed by atoms with van der Waals surface area (Å²) in [7, 11) is 0. The van der Waals surface area contributed by atoms with Crippen LogP contribution in [-0.2, 0) is 6.54 Å². The van der Waals surface area contributed by atoms with Crippen molar-refractivity contribution in [1.82, 2.24) is 0 Å². The third-order valence-electron chi connectivity index (χ3n) is 3.49. The standard InChI is InChI=1S/C16H10F3N3O/c1-9-12-6-11(21-23)2-3-16(12)22(8-20-9)7-13-14(18)4-10(17)5-15(13)19/h2-6,8H,1,7H2. The summed E-state index contributed by atoms with van der Waals surface area (Å²) in [6.07, 6.45) is 1.38. The van der Waals surface area contributed by atoms with Crippen molar-refractivity contribution in [3.05, 3.63) is 70.4 Å². The van der Waals surface area contributed by atoms with Gasteiger partial charge in [0, 0.05) is 23.3 Å². The summed E-state index contributed by atoms with van der Waals surface area (Å²) >= 11 is 0. The van der Waals surface area contributed by atoms with Crippen molar-refractivity contribution >= 4 is 23.4 Å². The number of nitrogens with zero attached hydrogens (tertiary/aromatic N) is 3. The molecule has 0 aromatic heterocycles. The summed E-state index contributed by atoms with van der Waals surface area (Å²) in [6, 6.07) is 5.80. The van der Waals surface area contributed by atoms with Crippen LogP contribution in [0.25, 0.3) is 5.70 Å². The minimum Gasteiger partial charge on any atom is -0.327 e. The van der Waals surface area contributed by atoms with E-state index in [0.717, 1.165) is 0 Å². The maximum absolute atomic E-state index is 13.8. The SMILES string of the molecule is C=C1N=CN(Cc2c(F)cc(F)cc2F)c2ccc(N=O)cc21. The number of fused-ring (bicyclic) bond motifs is 1. The van der Waals surface area contributed by atoms with Crippen molar-refractivity contribution in [3.63, 3.8) is 0 Å². The van der Waals surface area contributed by atoms with Crippen LogP contribution in [0.3, 0.4) is 0 Å². The molecular weight excluding hydrogens is 307 g/mol. The molecule has 1 heterocycles. The van der Waals surface area contributed by atoms with Crippen LogP contribution < -0.4 is 4.90 Å². The van der Waals surface area contributed by atoms with Crippen LogP contribution in [0.2, 0.25) is 0 Å². The van der Waals surface area contributed by atoms with Crippen molar-refractivity contribution in [1.29, 1.82) is 0 Å². The summed E-state index contributed by atoms with van der Waals surface area (Å²) in [6.45, 7) is 3.57. The first-order chi connectivity index (χ1) is 11.0. The van der Waals surface area contributed by atoms with Gasteiger partial charge in [0.15, 0.2) is 0 Å². The molecule has 0 aliphatic carbocycles. The van der Waals surface area contributed by atoms with E-state index in [2.05, 4.69) is 16.7 Å². The lowest BCUT2D eigenvalue weighted by Gasteiger charge is -2.26. The predicted octanol–water partition coefficient (Wildman–Crippen LogP) is 4.52. The minimum atomic E-state index is -0.980. The zero-order chi connectivity index (χ0) is 16.6. The molecule has 3 rings (SSSR count). The molecule has 116 valence electrons. The molecular formula is C16H10F3N3O. The second-order valence-corrected chi connectivity index (χ2v) is 4.96. The van der Waals surface area contributed by atoms with Crippen molar-refractivity contribution in [2.75, 3.05) is 4.90 Å². The van der Waals surface area contributed by atoms with Gasteiger partial charge in [-0.2, -0.15) is 0 Å². The summed E-state index contributed by atoms with van der Waals surface area (Å²) < 4.78 is 40.6. The number of anilines is 1. The summed E-state index contributed by atoms with van der Waals surface area (Å²) in [5, 5.41) is 2.84. The van der Waals surface area contributed by atoms with Crippen LogP contribution in [0.1, 0.15) is 11.1 Å². The van der Waals surface area contributed by atoms with E-state index >= 15 is 0 Å². The Morgan fingerprint density at radius 2 is 1.83 bits per heavy atom. The second kappa shape index (κ2) is 5.68. The van der Waals surface area contributed by atoms with Gasteiger partial charge in [0.25, 0.3) is 0 Å². The quantitative estimate of drug-likeness (QED) is 0.781. The first-order valence-corrected chi connectivity index (χ1v) is 6.60. The monoisotopic (exact) mass is 317 g/mol. The zero-order valence-electron chi connectivity index (χ0n) is 11.8. The highest BCUT2D eigenvalue weighted by atomic mass is 19.1. The smallest absolute Gasteiger partial charge is 0.134 e. The number of nitroso groups, excluding NO2 is 1. The van der Waals surface area contributed by atoms with Crippen LogP contribution in [-0.4, -0.2) is 6.34 Å². The third-order valence-corrected chi connectivity index (χ3v) is 3.49. The van der Waals surface area contributed by atoms with Crippen molar-refractivity contribution in [3.8, 4) is 0 Å². The lowest BCUT2D eigenvalue weighted by atomic mass is 10.1. The molecule has 7 heteroatoms. The van der Waals surface area contributed by atoms with Gasteiger partial charge in [-0.3, -0.25) is 0 Å². The van der Waals surface area contributed by atoms with E-state index in [1.807, 2.05) is 0 Å². The Morgan fingerprint density at radius 1 is 1.13 bits per heavy atom. The molecule has 1 aliphatic rings. The maximum Gasteiger partial charge on any atom is 0.134 e. The summed E-state index contributed by atoms with van der Waals surface area (Å²) in [4.78, 5) is 16.2. The van der Waals surface area contributed by atoms with Gasteiger partial charge in [-0.05, 0) is 23.4 Å². The zero-order valence-corrected chi connectivity index (χ0v) is 11.8. The molecule has 0 radical (unpaired) electrons. The van der Waals surface area contributed by atoms with E-state index in [1.54, 1.807) is 6.07 Å². The molecule has 0 fully saturated rings. The average molecular weight is 317 g/mol. The second-order valence-electron chi connectivity index (χ2n) is 4.96. The predicted molar refractivity (Wildman–Crippen MR) is 81.9 cm³/mol. The highest BCUT2D eigenvalue weighted by Gasteiger charge is 2.21. The Hall–Kier alpha value is -2.96. The Bertz CT molecular complexity index is 825. The lowest BCUT2D eigenvalue weighted by molar-refractivity contribution is 0.524. The van der Waals surface area contributed by atoms with Gasteiger partial charge in [-0.25, -0.2) is 18.2 Å². The average Bonchev–Trinajstić information content (AvgIpc) is 2.52. The van der Waals surface area contributed by atoms with Gasteiger partial charge in [0.1, 0.15) is 23.1 Å². The highest BCUT2D eigenvalue weighted by molar-refractivity contribution is 5.94. The Balaban J connectivity index is 2.01. The van der Waals surface area contributed by atoms with Crippen LogP contribution in [0.5, 0.6) is 0 Å². The van der Waals surface area contributed by atoms with E-state index in [9.17, 15) is 18.1 Å². The van der Waals surface area contributed by atoms with Gasteiger partial charge < -0.3 is 4.90 Å². The number of aliphatic imine (C=N–C) groups is 1. The van der Waals surface area contributed by atoms with Crippen LogP contribution in [0, 0.1) is 22.4 Å². The fourth-order valence-corrected chi connectivity index (χ4v) is 2.35. The molecule has 2 aromatic rings. The molecule has 0 spiro atoms. The van der Waals surface area contributed by atoms with E-state index in [-0.39, 0.29) is 17.8 Å². The molecule has 2 aromatic carbocycles. The lowest BCUT2D eigenvalue weighted by Crippen LogP contribution is -2.25. The minimum absolute atomic E-state index is 0.185. The highest BCUT2D eigenvalue weighted by Crippen LogP contribution is 2.34. The first-order valence-electron chi connectivity index (χ1n) is 6.60.